The first kappa shape index (κ1) is 14.2. The normalized spacial score (nSPS) is 13.1. The Morgan fingerprint density at radius 2 is 1.88 bits per heavy atom. The molecule has 0 saturated carbocycles. The maximum atomic E-state index is 11.2. The summed E-state index contributed by atoms with van der Waals surface area (Å²) >= 11 is 0. The van der Waals surface area contributed by atoms with Crippen molar-refractivity contribution in [1.82, 2.24) is 4.90 Å². The monoisotopic (exact) mass is 256 g/mol. The second-order valence-electron chi connectivity index (χ2n) is 5.22. The molecule has 2 N–H and O–H groups in total. The quantitative estimate of drug-likeness (QED) is 0.892. The Bertz CT molecular complexity index is 489. The van der Waals surface area contributed by atoms with E-state index in [9.17, 15) is 8.42 Å². The van der Waals surface area contributed by atoms with Gasteiger partial charge in [-0.1, -0.05) is 12.1 Å². The SMILES string of the molecule is CN(Cc1cccc(S(N)(=O)=O)c1)C(C)(C)C. The number of hydrogen-bond donors (Lipinski definition) is 1. The van der Waals surface area contributed by atoms with Crippen LogP contribution in [0.2, 0.25) is 0 Å². The largest absolute Gasteiger partial charge is 0.297 e. The Kier molecular flexibility index (Phi) is 3.96. The summed E-state index contributed by atoms with van der Waals surface area (Å²) in [6.45, 7) is 7.01. The zero-order chi connectivity index (χ0) is 13.3. The smallest absolute Gasteiger partial charge is 0.238 e. The summed E-state index contributed by atoms with van der Waals surface area (Å²) in [5.74, 6) is 0. The predicted molar refractivity (Wildman–Crippen MR) is 69.0 cm³/mol. The molecule has 0 fully saturated rings. The first-order chi connectivity index (χ1) is 7.60. The Morgan fingerprint density at radius 3 is 2.35 bits per heavy atom. The molecule has 0 saturated heterocycles. The van der Waals surface area contributed by atoms with Crippen molar-refractivity contribution in [2.75, 3.05) is 7.05 Å². The van der Waals surface area contributed by atoms with E-state index in [1.54, 1.807) is 12.1 Å². The molecule has 0 unspecified atom stereocenters. The number of sulfonamides is 1. The van der Waals surface area contributed by atoms with Crippen molar-refractivity contribution < 1.29 is 8.42 Å². The minimum atomic E-state index is -3.62. The number of nitrogens with zero attached hydrogens (tertiary/aromatic N) is 1. The van der Waals surface area contributed by atoms with Crippen molar-refractivity contribution in [3.8, 4) is 0 Å². The number of rotatable bonds is 3. The van der Waals surface area contributed by atoms with Gasteiger partial charge in [0.15, 0.2) is 0 Å². The summed E-state index contributed by atoms with van der Waals surface area (Å²) in [6, 6.07) is 6.75. The van der Waals surface area contributed by atoms with Crippen LogP contribution in [0, 0.1) is 0 Å². The van der Waals surface area contributed by atoms with Crippen molar-refractivity contribution in [3.05, 3.63) is 29.8 Å². The topological polar surface area (TPSA) is 63.4 Å². The van der Waals surface area contributed by atoms with Gasteiger partial charge in [0.05, 0.1) is 4.90 Å². The molecule has 0 aliphatic heterocycles. The fraction of sp³-hybridized carbons (Fsp3) is 0.500. The van der Waals surface area contributed by atoms with Gasteiger partial charge in [0.25, 0.3) is 0 Å². The van der Waals surface area contributed by atoms with Crippen LogP contribution >= 0.6 is 0 Å². The molecule has 0 heterocycles. The van der Waals surface area contributed by atoms with Gasteiger partial charge in [-0.15, -0.1) is 0 Å². The van der Waals surface area contributed by atoms with E-state index in [-0.39, 0.29) is 10.4 Å². The lowest BCUT2D eigenvalue weighted by atomic mass is 10.1. The Labute approximate surface area is 103 Å². The Balaban J connectivity index is 2.95. The highest BCUT2D eigenvalue weighted by atomic mass is 32.2. The second-order valence-corrected chi connectivity index (χ2v) is 6.78. The van der Waals surface area contributed by atoms with E-state index in [2.05, 4.69) is 25.7 Å². The van der Waals surface area contributed by atoms with Gasteiger partial charge in [-0.3, -0.25) is 4.90 Å². The molecule has 5 heteroatoms. The number of benzene rings is 1. The van der Waals surface area contributed by atoms with Gasteiger partial charge in [-0.25, -0.2) is 13.6 Å². The first-order valence-corrected chi connectivity index (χ1v) is 6.98. The maximum absolute atomic E-state index is 11.2. The van der Waals surface area contributed by atoms with E-state index >= 15 is 0 Å². The van der Waals surface area contributed by atoms with Crippen LogP contribution in [-0.4, -0.2) is 25.9 Å². The van der Waals surface area contributed by atoms with Gasteiger partial charge >= 0.3 is 0 Å². The first-order valence-electron chi connectivity index (χ1n) is 5.44. The van der Waals surface area contributed by atoms with Crippen molar-refractivity contribution in [2.24, 2.45) is 5.14 Å². The van der Waals surface area contributed by atoms with Crippen LogP contribution in [0.3, 0.4) is 0 Å². The molecule has 1 aromatic rings. The Hall–Kier alpha value is -0.910. The highest BCUT2D eigenvalue weighted by molar-refractivity contribution is 7.89. The van der Waals surface area contributed by atoms with E-state index in [0.717, 1.165) is 5.56 Å². The minimum absolute atomic E-state index is 0.0393. The molecular formula is C12H20N2O2S. The molecule has 0 atom stereocenters. The third-order valence-electron chi connectivity index (χ3n) is 2.79. The summed E-state index contributed by atoms with van der Waals surface area (Å²) in [6.07, 6.45) is 0. The summed E-state index contributed by atoms with van der Waals surface area (Å²) in [5.41, 5.74) is 0.978. The summed E-state index contributed by atoms with van der Waals surface area (Å²) in [5, 5.41) is 5.10. The lowest BCUT2D eigenvalue weighted by molar-refractivity contribution is 0.167. The van der Waals surface area contributed by atoms with E-state index in [1.165, 1.54) is 6.07 Å². The molecule has 0 bridgehead atoms. The number of nitrogens with two attached hydrogens (primary N) is 1. The van der Waals surface area contributed by atoms with Crippen LogP contribution in [0.15, 0.2) is 29.2 Å². The minimum Gasteiger partial charge on any atom is -0.297 e. The molecular weight excluding hydrogens is 236 g/mol. The molecule has 0 aliphatic rings. The summed E-state index contributed by atoms with van der Waals surface area (Å²) in [7, 11) is -1.61. The molecule has 0 aliphatic carbocycles. The van der Waals surface area contributed by atoms with Crippen LogP contribution in [0.25, 0.3) is 0 Å². The summed E-state index contributed by atoms with van der Waals surface area (Å²) in [4.78, 5) is 2.31. The van der Waals surface area contributed by atoms with Gasteiger partial charge in [0.2, 0.25) is 10.0 Å². The average molecular weight is 256 g/mol. The number of hydrogen-bond acceptors (Lipinski definition) is 3. The van der Waals surface area contributed by atoms with Crippen molar-refractivity contribution in [1.29, 1.82) is 0 Å². The highest BCUT2D eigenvalue weighted by Crippen LogP contribution is 2.16. The molecule has 0 aromatic heterocycles. The van der Waals surface area contributed by atoms with E-state index in [1.807, 2.05) is 13.1 Å². The fourth-order valence-electron chi connectivity index (χ4n) is 1.33. The third-order valence-corrected chi connectivity index (χ3v) is 3.70. The van der Waals surface area contributed by atoms with Gasteiger partial charge in [0.1, 0.15) is 0 Å². The van der Waals surface area contributed by atoms with Crippen LogP contribution in [-0.2, 0) is 16.6 Å². The van der Waals surface area contributed by atoms with E-state index in [4.69, 9.17) is 5.14 Å². The maximum Gasteiger partial charge on any atom is 0.238 e. The second kappa shape index (κ2) is 4.76. The van der Waals surface area contributed by atoms with Gasteiger partial charge < -0.3 is 0 Å². The fourth-order valence-corrected chi connectivity index (χ4v) is 1.92. The molecule has 0 amide bonds. The van der Waals surface area contributed by atoms with Crippen LogP contribution in [0.5, 0.6) is 0 Å². The zero-order valence-corrected chi connectivity index (χ0v) is 11.6. The third kappa shape index (κ3) is 4.11. The molecule has 1 rings (SSSR count). The molecule has 4 nitrogen and oxygen atoms in total. The van der Waals surface area contributed by atoms with Crippen molar-refractivity contribution in [2.45, 2.75) is 37.8 Å². The van der Waals surface area contributed by atoms with Crippen molar-refractivity contribution >= 4 is 10.0 Å². The Morgan fingerprint density at radius 1 is 1.29 bits per heavy atom. The van der Waals surface area contributed by atoms with Gasteiger partial charge in [-0.2, -0.15) is 0 Å². The van der Waals surface area contributed by atoms with Crippen LogP contribution in [0.4, 0.5) is 0 Å². The molecule has 17 heavy (non-hydrogen) atoms. The molecule has 0 spiro atoms. The lowest BCUT2D eigenvalue weighted by Crippen LogP contribution is -2.37. The highest BCUT2D eigenvalue weighted by Gasteiger charge is 2.17. The van der Waals surface area contributed by atoms with Gasteiger partial charge in [0, 0.05) is 12.1 Å². The predicted octanol–water partition coefficient (Wildman–Crippen LogP) is 1.56. The lowest BCUT2D eigenvalue weighted by Gasteiger charge is -2.31. The van der Waals surface area contributed by atoms with Crippen LogP contribution < -0.4 is 5.14 Å². The summed E-state index contributed by atoms with van der Waals surface area (Å²) < 4.78 is 22.5. The van der Waals surface area contributed by atoms with Crippen molar-refractivity contribution in [3.63, 3.8) is 0 Å². The molecule has 0 radical (unpaired) electrons. The van der Waals surface area contributed by atoms with Crippen LogP contribution in [0.1, 0.15) is 26.3 Å². The number of primary sulfonamides is 1. The average Bonchev–Trinajstić information content (AvgIpc) is 2.15. The molecule has 96 valence electrons. The van der Waals surface area contributed by atoms with E-state index < -0.39 is 10.0 Å². The zero-order valence-electron chi connectivity index (χ0n) is 10.8. The van der Waals surface area contributed by atoms with E-state index in [0.29, 0.717) is 6.54 Å². The standard InChI is InChI=1S/C12H20N2O2S/c1-12(2,3)14(4)9-10-6-5-7-11(8-10)17(13,15)16/h5-8H,9H2,1-4H3,(H2,13,15,16). The molecule has 1 aromatic carbocycles. The van der Waals surface area contributed by atoms with Gasteiger partial charge in [-0.05, 0) is 45.5 Å².